The standard InChI is InChI=1S/C56H63ClF4N8O7/c1-30-25-34(54(73)68-20-13-32(14-21-68)28-67-18-15-33(16-19-67)45-38(58)26-37-51(50(45)61)66(3)65-53(37)69-22-17-43(71)64-55(69)74)9-11-40(30)63-29-56(35-7-5-4-6-8-35)31(2)44-42(76-56)27-39(59)48(57)47(44)46-36(52(62)72)10-12-41(49(46)60)75-24-23-70/h4-8,10,12,26-27,30-34,40,63,70H,9,11,13-25,28-29H2,1-3H3,(H2,62,72)(H,64,71,74)/t30-,31-,34+,40-,56-/m0/s1. The highest BCUT2D eigenvalue weighted by atomic mass is 35.5. The van der Waals surface area contributed by atoms with Crippen LogP contribution in [0.2, 0.25) is 5.02 Å². The Labute approximate surface area is 443 Å². The molecule has 3 saturated heterocycles. The first-order valence-corrected chi connectivity index (χ1v) is 26.7. The summed E-state index contributed by atoms with van der Waals surface area (Å²) in [6, 6.07) is 13.8. The number of rotatable bonds is 14. The van der Waals surface area contributed by atoms with Crippen LogP contribution in [0.3, 0.4) is 0 Å². The first-order chi connectivity index (χ1) is 36.5. The van der Waals surface area contributed by atoms with Gasteiger partial charge in [0, 0.05) is 92.4 Å². The van der Waals surface area contributed by atoms with Crippen molar-refractivity contribution in [2.24, 2.45) is 30.5 Å². The van der Waals surface area contributed by atoms with Crippen LogP contribution in [0, 0.1) is 41.0 Å². The summed E-state index contributed by atoms with van der Waals surface area (Å²) in [6.07, 6.45) is 5.04. The number of anilines is 1. The van der Waals surface area contributed by atoms with Gasteiger partial charge in [0.15, 0.2) is 28.8 Å². The van der Waals surface area contributed by atoms with E-state index in [4.69, 9.17) is 26.8 Å². The predicted octanol–water partition coefficient (Wildman–Crippen LogP) is 8.27. The lowest BCUT2D eigenvalue weighted by molar-refractivity contribution is -0.138. The van der Waals surface area contributed by atoms with Crippen molar-refractivity contribution in [3.05, 3.63) is 105 Å². The second-order valence-corrected chi connectivity index (χ2v) is 21.7. The van der Waals surface area contributed by atoms with E-state index < -0.39 is 64.3 Å². The first-order valence-electron chi connectivity index (χ1n) is 26.3. The molecular formula is C56H63ClF4N8O7. The third kappa shape index (κ3) is 9.76. The third-order valence-corrected chi connectivity index (χ3v) is 17.2. The van der Waals surface area contributed by atoms with Crippen molar-refractivity contribution in [3.8, 4) is 22.6 Å². The minimum absolute atomic E-state index is 0.000155. The number of benzene rings is 4. The van der Waals surface area contributed by atoms with E-state index in [0.717, 1.165) is 31.4 Å². The summed E-state index contributed by atoms with van der Waals surface area (Å²) >= 11 is 6.74. The number of primary amides is 1. The molecule has 5 atom stereocenters. The Kier molecular flexibility index (Phi) is 15.1. The topological polar surface area (TPSA) is 185 Å². The lowest BCUT2D eigenvalue weighted by Crippen LogP contribution is -2.51. The molecule has 1 saturated carbocycles. The quantitative estimate of drug-likeness (QED) is 0.0790. The van der Waals surface area contributed by atoms with E-state index in [9.17, 15) is 24.3 Å². The second-order valence-electron chi connectivity index (χ2n) is 21.3. The van der Waals surface area contributed by atoms with Crippen LogP contribution in [0.4, 0.5) is 28.2 Å². The molecule has 0 bridgehead atoms. The fraction of sp³-hybridized carbons (Fsp3) is 0.482. The third-order valence-electron chi connectivity index (χ3n) is 16.8. The number of urea groups is 1. The Hall–Kier alpha value is -6.28. The van der Waals surface area contributed by atoms with Crippen molar-refractivity contribution < 1.29 is 51.3 Å². The number of halogens is 5. The molecule has 76 heavy (non-hydrogen) atoms. The van der Waals surface area contributed by atoms with Crippen LogP contribution in [-0.2, 0) is 22.2 Å². The summed E-state index contributed by atoms with van der Waals surface area (Å²) in [6.45, 7) is 7.27. The number of piperidine rings is 2. The summed E-state index contributed by atoms with van der Waals surface area (Å²) in [5.41, 5.74) is 5.31. The van der Waals surface area contributed by atoms with Gasteiger partial charge in [0.1, 0.15) is 29.5 Å². The molecule has 5 aromatic rings. The maximum atomic E-state index is 16.5. The molecule has 4 fully saturated rings. The highest BCUT2D eigenvalue weighted by Gasteiger charge is 2.51. The number of hydrogen-bond donors (Lipinski definition) is 4. The molecule has 20 heteroatoms. The molecule has 1 aliphatic carbocycles. The molecule has 0 spiro atoms. The molecule has 4 aromatic carbocycles. The molecule has 15 nitrogen and oxygen atoms in total. The zero-order chi connectivity index (χ0) is 53.7. The Morgan fingerprint density at radius 1 is 0.921 bits per heavy atom. The highest BCUT2D eigenvalue weighted by Crippen LogP contribution is 2.57. The summed E-state index contributed by atoms with van der Waals surface area (Å²) < 4.78 is 78.2. The molecule has 404 valence electrons. The molecular weight excluding hydrogens is 1010 g/mol. The Morgan fingerprint density at radius 3 is 2.34 bits per heavy atom. The Morgan fingerprint density at radius 2 is 1.66 bits per heavy atom. The lowest BCUT2D eigenvalue weighted by atomic mass is 9.75. The number of fused-ring (bicyclic) bond motifs is 2. The van der Waals surface area contributed by atoms with E-state index in [1.54, 1.807) is 7.05 Å². The summed E-state index contributed by atoms with van der Waals surface area (Å²) in [7, 11) is 1.56. The van der Waals surface area contributed by atoms with Gasteiger partial charge < -0.3 is 35.4 Å². The lowest BCUT2D eigenvalue weighted by Gasteiger charge is -2.41. The number of likely N-dealkylation sites (tertiary alicyclic amines) is 2. The van der Waals surface area contributed by atoms with Gasteiger partial charge in [-0.15, -0.1) is 0 Å². The minimum Gasteiger partial charge on any atom is -0.488 e. The molecule has 5 aliphatic rings. The molecule has 0 radical (unpaired) electrons. The molecule has 5 amide bonds. The number of aryl methyl sites for hydroxylation is 1. The zero-order valence-electron chi connectivity index (χ0n) is 42.8. The van der Waals surface area contributed by atoms with Crippen molar-refractivity contribution in [1.29, 1.82) is 0 Å². The molecule has 5 N–H and O–H groups in total. The van der Waals surface area contributed by atoms with Crippen molar-refractivity contribution >= 4 is 52.1 Å². The first kappa shape index (κ1) is 53.1. The summed E-state index contributed by atoms with van der Waals surface area (Å²) in [5.74, 6) is -5.01. The van der Waals surface area contributed by atoms with E-state index >= 15 is 17.6 Å². The number of nitrogens with two attached hydrogens (primary N) is 1. The number of aliphatic hydroxyl groups is 1. The van der Waals surface area contributed by atoms with E-state index in [0.29, 0.717) is 63.3 Å². The smallest absolute Gasteiger partial charge is 0.329 e. The number of nitrogens with zero attached hydrogens (tertiary/aromatic N) is 5. The van der Waals surface area contributed by atoms with Crippen molar-refractivity contribution in [2.75, 3.05) is 63.9 Å². The van der Waals surface area contributed by atoms with Gasteiger partial charge in [-0.1, -0.05) is 55.8 Å². The van der Waals surface area contributed by atoms with Crippen LogP contribution < -0.4 is 30.7 Å². The summed E-state index contributed by atoms with van der Waals surface area (Å²) in [4.78, 5) is 56.8. The van der Waals surface area contributed by atoms with Crippen LogP contribution in [0.15, 0.2) is 54.6 Å². The largest absolute Gasteiger partial charge is 0.488 e. The number of amides is 5. The average molecular weight is 1070 g/mol. The fourth-order valence-corrected chi connectivity index (χ4v) is 13.0. The van der Waals surface area contributed by atoms with Crippen LogP contribution >= 0.6 is 11.6 Å². The highest BCUT2D eigenvalue weighted by molar-refractivity contribution is 6.34. The Bertz CT molecular complexity index is 3080. The van der Waals surface area contributed by atoms with Gasteiger partial charge >= 0.3 is 6.03 Å². The number of aromatic nitrogens is 2. The van der Waals surface area contributed by atoms with E-state index in [-0.39, 0.29) is 106 Å². The number of ether oxygens (including phenoxy) is 2. The molecule has 5 heterocycles. The minimum atomic E-state index is -1.15. The maximum Gasteiger partial charge on any atom is 0.329 e. The van der Waals surface area contributed by atoms with Crippen LogP contribution in [0.1, 0.15) is 104 Å². The molecule has 4 aliphatic heterocycles. The van der Waals surface area contributed by atoms with Gasteiger partial charge in [-0.05, 0) is 99.6 Å². The van der Waals surface area contributed by atoms with Gasteiger partial charge in [0.2, 0.25) is 17.7 Å². The second kappa shape index (κ2) is 21.6. The van der Waals surface area contributed by atoms with Crippen LogP contribution in [0.25, 0.3) is 22.0 Å². The SMILES string of the molecule is C[C@H]1C[C@H](C(=O)N2CCC(CN3CCC(c4c(F)cc5c(N6CCC(=O)NC6=O)nn(C)c5c4F)CC3)CC2)CC[C@@H]1NC[C@]1(c2ccccc2)Oc2cc(F)c(Cl)c(-c3c(C(N)=O)ccc(OCCO)c3F)c2[C@@H]1C. The molecule has 0 unspecified atom stereocenters. The number of carbonyl (C=O) groups excluding carboxylic acids is 4. The molecule has 10 rings (SSSR count). The van der Waals surface area contributed by atoms with E-state index in [1.807, 2.05) is 42.2 Å². The zero-order valence-corrected chi connectivity index (χ0v) is 43.5. The van der Waals surface area contributed by atoms with E-state index in [2.05, 4.69) is 27.6 Å². The average Bonchev–Trinajstić information content (AvgIpc) is 3.88. The maximum absolute atomic E-state index is 16.5. The van der Waals surface area contributed by atoms with Crippen molar-refractivity contribution in [1.82, 2.24) is 30.2 Å². The summed E-state index contributed by atoms with van der Waals surface area (Å²) in [5, 5.41) is 19.5. The fourth-order valence-electron chi connectivity index (χ4n) is 12.8. The van der Waals surface area contributed by atoms with Crippen molar-refractivity contribution in [3.63, 3.8) is 0 Å². The van der Waals surface area contributed by atoms with Gasteiger partial charge in [-0.3, -0.25) is 29.3 Å². The predicted molar refractivity (Wildman–Crippen MR) is 277 cm³/mol. The monoisotopic (exact) mass is 1070 g/mol. The number of hydrogen-bond acceptors (Lipinski definition) is 10. The van der Waals surface area contributed by atoms with Gasteiger partial charge in [-0.2, -0.15) is 5.10 Å². The number of aliphatic hydroxyl groups excluding tert-OH is 1. The Balaban J connectivity index is 0.751. The number of nitrogens with one attached hydrogen (secondary N) is 2. The van der Waals surface area contributed by atoms with Crippen LogP contribution in [0.5, 0.6) is 11.5 Å². The van der Waals surface area contributed by atoms with E-state index in [1.165, 1.54) is 33.8 Å². The molecule has 1 aromatic heterocycles. The number of imide groups is 1. The van der Waals surface area contributed by atoms with Gasteiger partial charge in [0.25, 0.3) is 0 Å². The van der Waals surface area contributed by atoms with Gasteiger partial charge in [-0.25, -0.2) is 22.4 Å². The van der Waals surface area contributed by atoms with Crippen molar-refractivity contribution in [2.45, 2.75) is 88.7 Å². The van der Waals surface area contributed by atoms with Crippen LogP contribution in [-0.4, -0.2) is 114 Å². The number of carbonyl (C=O) groups is 4. The normalized spacial score (nSPS) is 23.7. The van der Waals surface area contributed by atoms with Gasteiger partial charge in [0.05, 0.1) is 22.6 Å².